The molecule has 2 aromatic heterocycles. The van der Waals surface area contributed by atoms with E-state index in [1.165, 1.54) is 48.3 Å². The number of nitriles is 1. The maximum atomic E-state index is 13.1. The minimum atomic E-state index is -0.636. The van der Waals surface area contributed by atoms with Gasteiger partial charge in [-0.25, -0.2) is 14.4 Å². The number of primary amides is 1. The number of nitrogens with one attached hydrogen (secondary N) is 2. The Morgan fingerprint density at radius 2 is 1.83 bits per heavy atom. The molecule has 0 aliphatic heterocycles. The topological polar surface area (TPSA) is 228 Å². The van der Waals surface area contributed by atoms with E-state index >= 15 is 0 Å². The first kappa shape index (κ1) is 27.2. The molecule has 0 saturated carbocycles. The predicted molar refractivity (Wildman–Crippen MR) is 149 cm³/mol. The van der Waals surface area contributed by atoms with Crippen LogP contribution in [0.15, 0.2) is 59.2 Å². The number of benzene rings is 3. The number of carbonyl (C=O) groups is 3. The summed E-state index contributed by atoms with van der Waals surface area (Å²) in [5.74, 6) is -0.878. The van der Waals surface area contributed by atoms with Gasteiger partial charge in [-0.05, 0) is 58.8 Å². The SMILES string of the molecule is CN(C(=O)Nc1ccc([N+](=O)[O-])c2nonc12)c1ccc2c(c1)nc(NC(=O)c1ccc(C#N)cc1)n2CCC(N)=O. The van der Waals surface area contributed by atoms with E-state index in [1.807, 2.05) is 6.07 Å². The van der Waals surface area contributed by atoms with Crippen molar-refractivity contribution in [3.8, 4) is 6.07 Å². The van der Waals surface area contributed by atoms with Gasteiger partial charge in [0.25, 0.3) is 5.91 Å². The van der Waals surface area contributed by atoms with Crippen molar-refractivity contribution in [2.75, 3.05) is 22.6 Å². The first-order chi connectivity index (χ1) is 20.2. The molecule has 2 heterocycles. The molecule has 0 fully saturated rings. The largest absolute Gasteiger partial charge is 0.370 e. The Hall–Kier alpha value is -6.37. The molecule has 0 spiro atoms. The lowest BCUT2D eigenvalue weighted by molar-refractivity contribution is -0.383. The van der Waals surface area contributed by atoms with Crippen molar-refractivity contribution in [2.24, 2.45) is 5.73 Å². The van der Waals surface area contributed by atoms with E-state index in [0.717, 1.165) is 0 Å². The lowest BCUT2D eigenvalue weighted by Gasteiger charge is -2.18. The molecule has 42 heavy (non-hydrogen) atoms. The quantitative estimate of drug-likeness (QED) is 0.183. The van der Waals surface area contributed by atoms with Crippen LogP contribution in [0.3, 0.4) is 0 Å². The Labute approximate surface area is 235 Å². The summed E-state index contributed by atoms with van der Waals surface area (Å²) in [6, 6.07) is 14.8. The number of fused-ring (bicyclic) bond motifs is 2. The van der Waals surface area contributed by atoms with E-state index in [9.17, 15) is 24.5 Å². The zero-order valence-electron chi connectivity index (χ0n) is 21.8. The first-order valence-electron chi connectivity index (χ1n) is 12.2. The van der Waals surface area contributed by atoms with Crippen molar-refractivity contribution < 1.29 is 23.9 Å². The summed E-state index contributed by atoms with van der Waals surface area (Å²) in [5, 5.41) is 32.8. The minimum Gasteiger partial charge on any atom is -0.370 e. The third-order valence-electron chi connectivity index (χ3n) is 6.34. The number of nitrogens with zero attached hydrogens (tertiary/aromatic N) is 7. The van der Waals surface area contributed by atoms with E-state index < -0.39 is 22.8 Å². The second-order valence-electron chi connectivity index (χ2n) is 8.96. The summed E-state index contributed by atoms with van der Waals surface area (Å²) in [4.78, 5) is 53.9. The zero-order chi connectivity index (χ0) is 30.0. The van der Waals surface area contributed by atoms with Crippen LogP contribution in [0.5, 0.6) is 0 Å². The van der Waals surface area contributed by atoms with Gasteiger partial charge in [0, 0.05) is 37.3 Å². The van der Waals surface area contributed by atoms with Crippen LogP contribution in [0.25, 0.3) is 22.1 Å². The van der Waals surface area contributed by atoms with E-state index in [1.54, 1.807) is 22.8 Å². The fourth-order valence-corrected chi connectivity index (χ4v) is 4.16. The summed E-state index contributed by atoms with van der Waals surface area (Å²) in [7, 11) is 1.50. The van der Waals surface area contributed by atoms with Crippen molar-refractivity contribution in [1.82, 2.24) is 19.9 Å². The number of imidazole rings is 1. The highest BCUT2D eigenvalue weighted by atomic mass is 16.6. The number of aromatic nitrogens is 4. The lowest BCUT2D eigenvalue weighted by Crippen LogP contribution is -2.31. The van der Waals surface area contributed by atoms with E-state index in [-0.39, 0.29) is 41.3 Å². The Balaban J connectivity index is 1.42. The molecule has 5 aromatic rings. The molecule has 0 bridgehead atoms. The Kier molecular flexibility index (Phi) is 7.14. The number of anilines is 3. The summed E-state index contributed by atoms with van der Waals surface area (Å²) >= 11 is 0. The normalized spacial score (nSPS) is 10.8. The van der Waals surface area contributed by atoms with Crippen LogP contribution in [0.4, 0.5) is 27.8 Å². The van der Waals surface area contributed by atoms with E-state index in [4.69, 9.17) is 11.0 Å². The molecule has 16 heteroatoms. The number of aryl methyl sites for hydroxylation is 1. The molecule has 0 radical (unpaired) electrons. The van der Waals surface area contributed by atoms with Crippen molar-refractivity contribution in [3.05, 3.63) is 75.8 Å². The number of amides is 4. The van der Waals surface area contributed by atoms with Crippen LogP contribution in [0, 0.1) is 21.4 Å². The molecule has 0 saturated heterocycles. The van der Waals surface area contributed by atoms with Gasteiger partial charge in [0.1, 0.15) is 0 Å². The molecule has 0 aliphatic rings. The molecule has 4 amide bonds. The third-order valence-corrected chi connectivity index (χ3v) is 6.34. The minimum absolute atomic E-state index is 0.0113. The number of nitrogens with two attached hydrogens (primary N) is 1. The van der Waals surface area contributed by atoms with Crippen molar-refractivity contribution >= 4 is 62.9 Å². The van der Waals surface area contributed by atoms with Gasteiger partial charge < -0.3 is 15.6 Å². The molecular weight excluding hydrogens is 548 g/mol. The summed E-state index contributed by atoms with van der Waals surface area (Å²) in [5.41, 5.74) is 7.16. The highest BCUT2D eigenvalue weighted by Gasteiger charge is 2.22. The monoisotopic (exact) mass is 568 g/mol. The molecule has 4 N–H and O–H groups in total. The standard InChI is InChI=1S/C26H20N10O6/c1-34(26(39)30-17-7-9-20(36(40)41)23-22(17)32-42-33-23)16-6-8-19-18(12-16)29-25(35(19)11-10-21(28)37)31-24(38)15-4-2-14(13-27)3-5-15/h2-9,12H,10-11H2,1H3,(H2,28,37)(H,30,39)(H,29,31,38). The Morgan fingerprint density at radius 1 is 1.10 bits per heavy atom. The number of urea groups is 1. The van der Waals surface area contributed by atoms with Crippen molar-refractivity contribution in [1.29, 1.82) is 5.26 Å². The summed E-state index contributed by atoms with van der Waals surface area (Å²) in [6.07, 6.45) is -0.0180. The summed E-state index contributed by atoms with van der Waals surface area (Å²) in [6.45, 7) is 0.131. The number of rotatable bonds is 8. The number of non-ortho nitro benzene ring substituents is 1. The zero-order valence-corrected chi connectivity index (χ0v) is 21.8. The molecular formula is C26H20N10O6. The number of hydrogen-bond acceptors (Lipinski definition) is 10. The van der Waals surface area contributed by atoms with Gasteiger partial charge >= 0.3 is 11.7 Å². The van der Waals surface area contributed by atoms with Crippen LogP contribution in [0.2, 0.25) is 0 Å². The number of hydrogen-bond donors (Lipinski definition) is 3. The van der Waals surface area contributed by atoms with Gasteiger partial charge in [-0.15, -0.1) is 0 Å². The lowest BCUT2D eigenvalue weighted by atomic mass is 10.1. The third kappa shape index (κ3) is 5.24. The fourth-order valence-electron chi connectivity index (χ4n) is 4.16. The number of carbonyl (C=O) groups excluding carboxylic acids is 3. The average molecular weight is 569 g/mol. The maximum Gasteiger partial charge on any atom is 0.326 e. The van der Waals surface area contributed by atoms with Crippen molar-refractivity contribution in [3.63, 3.8) is 0 Å². The highest BCUT2D eigenvalue weighted by molar-refractivity contribution is 6.07. The molecule has 0 atom stereocenters. The van der Waals surface area contributed by atoms with E-state index in [0.29, 0.717) is 27.8 Å². The van der Waals surface area contributed by atoms with Gasteiger partial charge in [-0.2, -0.15) is 5.26 Å². The highest BCUT2D eigenvalue weighted by Crippen LogP contribution is 2.30. The van der Waals surface area contributed by atoms with Gasteiger partial charge in [-0.3, -0.25) is 29.9 Å². The van der Waals surface area contributed by atoms with Gasteiger partial charge in [0.15, 0.2) is 5.52 Å². The molecule has 0 aliphatic carbocycles. The van der Waals surface area contributed by atoms with Crippen LogP contribution >= 0.6 is 0 Å². The second kappa shape index (κ2) is 11.0. The van der Waals surface area contributed by atoms with Crippen LogP contribution in [-0.2, 0) is 11.3 Å². The second-order valence-corrected chi connectivity index (χ2v) is 8.96. The molecule has 5 rings (SSSR count). The first-order valence-corrected chi connectivity index (χ1v) is 12.2. The average Bonchev–Trinajstić information content (AvgIpc) is 3.60. The number of nitro benzene ring substituents is 1. The van der Waals surface area contributed by atoms with Gasteiger partial charge in [0.2, 0.25) is 17.4 Å². The van der Waals surface area contributed by atoms with Crippen LogP contribution in [0.1, 0.15) is 22.3 Å². The smallest absolute Gasteiger partial charge is 0.326 e. The molecule has 16 nitrogen and oxygen atoms in total. The molecule has 0 unspecified atom stereocenters. The summed E-state index contributed by atoms with van der Waals surface area (Å²) < 4.78 is 6.26. The van der Waals surface area contributed by atoms with Gasteiger partial charge in [-0.1, -0.05) is 0 Å². The fraction of sp³-hybridized carbons (Fsp3) is 0.115. The molecule has 210 valence electrons. The van der Waals surface area contributed by atoms with Gasteiger partial charge in [0.05, 0.1) is 33.3 Å². The number of nitro groups is 1. The maximum absolute atomic E-state index is 13.1. The van der Waals surface area contributed by atoms with Crippen LogP contribution in [-0.4, -0.2) is 49.7 Å². The van der Waals surface area contributed by atoms with E-state index in [2.05, 4.69) is 30.6 Å². The van der Waals surface area contributed by atoms with Crippen LogP contribution < -0.4 is 21.3 Å². The van der Waals surface area contributed by atoms with Crippen molar-refractivity contribution in [2.45, 2.75) is 13.0 Å². The predicted octanol–water partition coefficient (Wildman–Crippen LogP) is 3.15. The Morgan fingerprint density at radius 3 is 2.52 bits per heavy atom. The molecule has 3 aromatic carbocycles. The Bertz CT molecular complexity index is 1920.